The van der Waals surface area contributed by atoms with Gasteiger partial charge in [-0.25, -0.2) is 12.7 Å². The summed E-state index contributed by atoms with van der Waals surface area (Å²) < 4.78 is 26.1. The molecule has 1 atom stereocenters. The predicted molar refractivity (Wildman–Crippen MR) is 113 cm³/mol. The van der Waals surface area contributed by atoms with Gasteiger partial charge in [0.05, 0.1) is 11.7 Å². The molecule has 0 aromatic carbocycles. The highest BCUT2D eigenvalue weighted by atomic mass is 32.2. The monoisotopic (exact) mass is 437 g/mol. The molecule has 0 N–H and O–H groups in total. The molecule has 0 radical (unpaired) electrons. The average molecular weight is 438 g/mol. The number of sulfonamides is 1. The van der Waals surface area contributed by atoms with Gasteiger partial charge in [-0.05, 0) is 36.8 Å². The number of rotatable bonds is 3. The first-order chi connectivity index (χ1) is 13.7. The summed E-state index contributed by atoms with van der Waals surface area (Å²) in [5, 5.41) is 1.97. The molecule has 0 saturated carbocycles. The van der Waals surface area contributed by atoms with E-state index in [2.05, 4.69) is 0 Å². The number of piperidine rings is 1. The molecule has 2 amide bonds. The molecule has 3 aliphatic heterocycles. The zero-order valence-electron chi connectivity index (χ0n) is 16.8. The van der Waals surface area contributed by atoms with E-state index in [1.165, 1.54) is 10.6 Å². The number of hydrogen-bond donors (Lipinski definition) is 0. The Morgan fingerprint density at radius 1 is 1.17 bits per heavy atom. The van der Waals surface area contributed by atoms with Crippen LogP contribution in [0, 0.1) is 10.8 Å². The molecule has 3 fully saturated rings. The Morgan fingerprint density at radius 3 is 2.45 bits per heavy atom. The van der Waals surface area contributed by atoms with Gasteiger partial charge in [-0.1, -0.05) is 6.07 Å². The van der Waals surface area contributed by atoms with Crippen LogP contribution in [-0.2, 0) is 19.6 Å². The van der Waals surface area contributed by atoms with Crippen molar-refractivity contribution in [3.05, 3.63) is 28.5 Å². The van der Waals surface area contributed by atoms with Gasteiger partial charge in [-0.15, -0.1) is 11.3 Å². The smallest absolute Gasteiger partial charge is 0.246 e. The van der Waals surface area contributed by atoms with Gasteiger partial charge >= 0.3 is 0 Å². The Morgan fingerprint density at radius 2 is 1.90 bits per heavy atom. The molecule has 0 aliphatic carbocycles. The lowest BCUT2D eigenvalue weighted by Crippen LogP contribution is -2.53. The van der Waals surface area contributed by atoms with Crippen molar-refractivity contribution in [2.75, 3.05) is 46.0 Å². The largest absolute Gasteiger partial charge is 0.345 e. The molecule has 0 bridgehead atoms. The van der Waals surface area contributed by atoms with Gasteiger partial charge in [0, 0.05) is 56.1 Å². The minimum absolute atomic E-state index is 0.0323. The van der Waals surface area contributed by atoms with Crippen molar-refractivity contribution in [3.8, 4) is 0 Å². The van der Waals surface area contributed by atoms with E-state index in [4.69, 9.17) is 0 Å². The van der Waals surface area contributed by atoms with Crippen LogP contribution in [0.2, 0.25) is 0 Å². The van der Waals surface area contributed by atoms with Gasteiger partial charge in [-0.2, -0.15) is 0 Å². The third kappa shape index (κ3) is 3.43. The maximum atomic E-state index is 13.1. The summed E-state index contributed by atoms with van der Waals surface area (Å²) >= 11 is 1.58. The number of likely N-dealkylation sites (tertiary alicyclic amines) is 2. The molecule has 9 heteroatoms. The van der Waals surface area contributed by atoms with Crippen LogP contribution < -0.4 is 0 Å². The Kier molecular flexibility index (Phi) is 5.11. The number of carbonyl (C=O) groups is 2. The fourth-order valence-corrected chi connectivity index (χ4v) is 6.81. The third-order valence-electron chi connectivity index (χ3n) is 7.01. The van der Waals surface area contributed by atoms with Crippen LogP contribution in [-0.4, -0.2) is 80.4 Å². The van der Waals surface area contributed by atoms with Crippen LogP contribution in [0.15, 0.2) is 23.6 Å². The third-order valence-corrected chi connectivity index (χ3v) is 9.04. The summed E-state index contributed by atoms with van der Waals surface area (Å²) in [5.41, 5.74) is -1.06. The summed E-state index contributed by atoms with van der Waals surface area (Å²) in [6.45, 7) is 2.39. The molecule has 7 nitrogen and oxygen atoms in total. The zero-order valence-corrected chi connectivity index (χ0v) is 18.5. The second kappa shape index (κ2) is 7.21. The van der Waals surface area contributed by atoms with Gasteiger partial charge < -0.3 is 9.80 Å². The molecule has 4 rings (SSSR count). The van der Waals surface area contributed by atoms with Gasteiger partial charge in [0.15, 0.2) is 0 Å². The number of thiophene rings is 1. The number of nitrogens with zero attached hydrogens (tertiary/aromatic N) is 3. The Balaban J connectivity index is 1.53. The molecule has 2 spiro atoms. The van der Waals surface area contributed by atoms with Gasteiger partial charge in [0.2, 0.25) is 21.8 Å². The lowest BCUT2D eigenvalue weighted by atomic mass is 9.60. The fraction of sp³-hybridized carbons (Fsp3) is 0.600. The quantitative estimate of drug-likeness (QED) is 0.672. The molecule has 29 heavy (non-hydrogen) atoms. The second-order valence-electron chi connectivity index (χ2n) is 8.54. The van der Waals surface area contributed by atoms with Crippen LogP contribution >= 0.6 is 11.3 Å². The second-order valence-corrected chi connectivity index (χ2v) is 11.5. The van der Waals surface area contributed by atoms with E-state index in [1.54, 1.807) is 29.4 Å². The van der Waals surface area contributed by atoms with Crippen LogP contribution in [0.5, 0.6) is 0 Å². The normalized spacial score (nSPS) is 27.7. The standard InChI is InChI=1S/C20H27N3O4S2/c1-21-10-9-20(18(21)25)15-23(29(2,26)27)14-19(20)7-11-22(12-8-19)17(24)6-5-16-4-3-13-28-16/h3-6,13H,7-12,14-15H2,1-2H3/b6-5+. The van der Waals surface area contributed by atoms with Crippen molar-refractivity contribution in [3.63, 3.8) is 0 Å². The van der Waals surface area contributed by atoms with Crippen molar-refractivity contribution in [2.45, 2.75) is 19.3 Å². The molecule has 1 unspecified atom stereocenters. The van der Waals surface area contributed by atoms with Crippen LogP contribution in [0.3, 0.4) is 0 Å². The van der Waals surface area contributed by atoms with E-state index in [9.17, 15) is 18.0 Å². The molecule has 1 aromatic heterocycles. The molecule has 1 aromatic rings. The zero-order chi connectivity index (χ0) is 20.9. The average Bonchev–Trinajstić information content (AvgIpc) is 3.37. The van der Waals surface area contributed by atoms with Gasteiger partial charge in [0.1, 0.15) is 0 Å². The Hall–Kier alpha value is -1.71. The summed E-state index contributed by atoms with van der Waals surface area (Å²) in [4.78, 5) is 30.3. The first kappa shape index (κ1) is 20.6. The highest BCUT2D eigenvalue weighted by Gasteiger charge is 2.66. The Labute approximate surface area is 176 Å². The summed E-state index contributed by atoms with van der Waals surface area (Å²) in [5.74, 6) is 0.0242. The number of amides is 2. The SMILES string of the molecule is CN1CCC2(CN(S(C)(=O)=O)CC23CCN(C(=O)/C=C/c2cccs2)CC3)C1=O. The van der Waals surface area contributed by atoms with Gasteiger partial charge in [-0.3, -0.25) is 9.59 Å². The molecular weight excluding hydrogens is 410 g/mol. The molecule has 3 aliphatic rings. The van der Waals surface area contributed by atoms with Gasteiger partial charge in [0.25, 0.3) is 0 Å². The minimum atomic E-state index is -3.37. The van der Waals surface area contributed by atoms with E-state index >= 15 is 0 Å². The van der Waals surface area contributed by atoms with Crippen molar-refractivity contribution in [2.24, 2.45) is 10.8 Å². The molecule has 4 heterocycles. The highest BCUT2D eigenvalue weighted by molar-refractivity contribution is 7.88. The highest BCUT2D eigenvalue weighted by Crippen LogP contribution is 2.58. The van der Waals surface area contributed by atoms with E-state index in [-0.39, 0.29) is 18.4 Å². The molecule has 158 valence electrons. The summed E-state index contributed by atoms with van der Waals surface area (Å²) in [6, 6.07) is 3.91. The van der Waals surface area contributed by atoms with Crippen LogP contribution in [0.25, 0.3) is 6.08 Å². The van der Waals surface area contributed by atoms with Crippen LogP contribution in [0.1, 0.15) is 24.1 Å². The van der Waals surface area contributed by atoms with E-state index in [1.807, 2.05) is 28.5 Å². The van der Waals surface area contributed by atoms with E-state index < -0.39 is 20.9 Å². The van der Waals surface area contributed by atoms with Crippen molar-refractivity contribution < 1.29 is 18.0 Å². The lowest BCUT2D eigenvalue weighted by Gasteiger charge is -2.46. The molecular formula is C20H27N3O4S2. The number of fused-ring (bicyclic) bond motifs is 1. The summed E-state index contributed by atoms with van der Waals surface area (Å²) in [6.07, 6.45) is 6.63. The molecule has 3 saturated heterocycles. The number of carbonyl (C=O) groups excluding carboxylic acids is 2. The van der Waals surface area contributed by atoms with Crippen molar-refractivity contribution >= 4 is 39.3 Å². The maximum absolute atomic E-state index is 13.1. The topological polar surface area (TPSA) is 78.0 Å². The maximum Gasteiger partial charge on any atom is 0.246 e. The number of hydrogen-bond acceptors (Lipinski definition) is 5. The minimum Gasteiger partial charge on any atom is -0.345 e. The Bertz CT molecular complexity index is 933. The van der Waals surface area contributed by atoms with E-state index in [0.29, 0.717) is 45.4 Å². The van der Waals surface area contributed by atoms with Crippen molar-refractivity contribution in [1.82, 2.24) is 14.1 Å². The van der Waals surface area contributed by atoms with E-state index in [0.717, 1.165) is 4.88 Å². The first-order valence-corrected chi connectivity index (χ1v) is 12.6. The first-order valence-electron chi connectivity index (χ1n) is 9.88. The van der Waals surface area contributed by atoms with Crippen LogP contribution in [0.4, 0.5) is 0 Å². The predicted octanol–water partition coefficient (Wildman–Crippen LogP) is 1.49. The summed E-state index contributed by atoms with van der Waals surface area (Å²) in [7, 11) is -1.58. The van der Waals surface area contributed by atoms with Crippen molar-refractivity contribution in [1.29, 1.82) is 0 Å². The fourth-order valence-electron chi connectivity index (χ4n) is 5.26. The lowest BCUT2D eigenvalue weighted by molar-refractivity contribution is -0.142.